The third kappa shape index (κ3) is 6.37. The number of hydrogen-bond acceptors (Lipinski definition) is 5. The van der Waals surface area contributed by atoms with Gasteiger partial charge in [0.25, 0.3) is 0 Å². The molecule has 0 aromatic heterocycles. The van der Waals surface area contributed by atoms with Crippen molar-refractivity contribution in [2.24, 2.45) is 11.7 Å². The van der Waals surface area contributed by atoms with Gasteiger partial charge in [-0.2, -0.15) is 0 Å². The molecule has 1 heterocycles. The van der Waals surface area contributed by atoms with E-state index in [1.54, 1.807) is 7.11 Å². The summed E-state index contributed by atoms with van der Waals surface area (Å²) in [4.78, 5) is 14.6. The van der Waals surface area contributed by atoms with Gasteiger partial charge in [-0.05, 0) is 105 Å². The van der Waals surface area contributed by atoms with Crippen molar-refractivity contribution < 1.29 is 9.53 Å². The first-order chi connectivity index (χ1) is 18.5. The first kappa shape index (κ1) is 26.3. The SMILES string of the molecule is COc1ccc(C2CC2NCC2CCN(CCCc3ccc(C(N)=O)c(-c4ccccc4N)c3)CC2)cc1. The summed E-state index contributed by atoms with van der Waals surface area (Å²) in [6.07, 6.45) is 5.82. The Hall–Kier alpha value is -3.35. The highest BCUT2D eigenvalue weighted by atomic mass is 16.5. The molecule has 0 bridgehead atoms. The fourth-order valence-electron chi connectivity index (χ4n) is 5.81. The Balaban J connectivity index is 1.05. The highest BCUT2D eigenvalue weighted by Crippen LogP contribution is 2.41. The average molecular weight is 513 g/mol. The molecule has 5 N–H and O–H groups in total. The largest absolute Gasteiger partial charge is 0.497 e. The summed E-state index contributed by atoms with van der Waals surface area (Å²) >= 11 is 0. The van der Waals surface area contributed by atoms with Crippen molar-refractivity contribution in [3.63, 3.8) is 0 Å². The van der Waals surface area contributed by atoms with E-state index in [0.717, 1.165) is 48.7 Å². The number of ether oxygens (including phenoxy) is 1. The van der Waals surface area contributed by atoms with Gasteiger partial charge in [-0.1, -0.05) is 42.5 Å². The fraction of sp³-hybridized carbons (Fsp3) is 0.406. The number of nitrogens with one attached hydrogen (secondary N) is 1. The number of hydrogen-bond donors (Lipinski definition) is 3. The number of methoxy groups -OCH3 is 1. The number of likely N-dealkylation sites (tertiary alicyclic amines) is 1. The lowest BCUT2D eigenvalue weighted by atomic mass is 9.94. The first-order valence-electron chi connectivity index (χ1n) is 13.9. The van der Waals surface area contributed by atoms with Crippen LogP contribution < -0.4 is 21.5 Å². The van der Waals surface area contributed by atoms with Crippen LogP contribution in [0.1, 0.15) is 53.1 Å². The summed E-state index contributed by atoms with van der Waals surface area (Å²) in [5, 5.41) is 3.83. The Kier molecular flexibility index (Phi) is 8.30. The third-order valence-electron chi connectivity index (χ3n) is 8.25. The van der Waals surface area contributed by atoms with E-state index in [2.05, 4.69) is 40.5 Å². The van der Waals surface area contributed by atoms with Gasteiger partial charge in [0.05, 0.1) is 7.11 Å². The van der Waals surface area contributed by atoms with Gasteiger partial charge in [-0.25, -0.2) is 0 Å². The van der Waals surface area contributed by atoms with Crippen molar-refractivity contribution in [2.45, 2.75) is 44.1 Å². The van der Waals surface area contributed by atoms with Crippen LogP contribution in [0.25, 0.3) is 11.1 Å². The molecule has 6 nitrogen and oxygen atoms in total. The average Bonchev–Trinajstić information content (AvgIpc) is 3.72. The van der Waals surface area contributed by atoms with E-state index >= 15 is 0 Å². The normalized spacial score (nSPS) is 19.8. The van der Waals surface area contributed by atoms with E-state index in [-0.39, 0.29) is 0 Å². The number of aryl methyl sites for hydroxylation is 1. The summed E-state index contributed by atoms with van der Waals surface area (Å²) in [6, 6.07) is 22.8. The molecule has 200 valence electrons. The van der Waals surface area contributed by atoms with Crippen molar-refractivity contribution in [3.8, 4) is 16.9 Å². The molecule has 6 heteroatoms. The Morgan fingerprint density at radius 2 is 1.79 bits per heavy atom. The number of rotatable bonds is 11. The maximum atomic E-state index is 12.0. The molecular weight excluding hydrogens is 472 g/mol. The number of anilines is 1. The van der Waals surface area contributed by atoms with Crippen LogP contribution in [0.2, 0.25) is 0 Å². The number of nitrogen functional groups attached to an aromatic ring is 1. The molecule has 3 aromatic rings. The van der Waals surface area contributed by atoms with Crippen LogP contribution in [0.15, 0.2) is 66.7 Å². The first-order valence-corrected chi connectivity index (χ1v) is 13.9. The molecule has 1 aliphatic carbocycles. The highest BCUT2D eigenvalue weighted by Gasteiger charge is 2.38. The monoisotopic (exact) mass is 512 g/mol. The molecule has 1 saturated carbocycles. The standard InChI is InChI=1S/C32H40N4O2/c1-38-25-11-9-24(10-12-25)28-20-31(28)35-21-23-14-17-36(18-15-23)16-4-5-22-8-13-27(32(34)37)29(19-22)26-6-2-3-7-30(26)33/h2-3,6-13,19,23,28,31,35H,4-5,14-18,20-21,33H2,1H3,(H2,34,37). The van der Waals surface area contributed by atoms with Crippen molar-refractivity contribution >= 4 is 11.6 Å². The second kappa shape index (κ2) is 12.0. The van der Waals surface area contributed by atoms with E-state index in [1.165, 1.54) is 43.5 Å². The number of benzene rings is 3. The van der Waals surface area contributed by atoms with Gasteiger partial charge >= 0.3 is 0 Å². The molecule has 2 atom stereocenters. The van der Waals surface area contributed by atoms with E-state index < -0.39 is 5.91 Å². The molecule has 38 heavy (non-hydrogen) atoms. The number of amides is 1. The number of nitrogens with two attached hydrogens (primary N) is 2. The van der Waals surface area contributed by atoms with Crippen LogP contribution in [0.3, 0.4) is 0 Å². The maximum Gasteiger partial charge on any atom is 0.249 e. The van der Waals surface area contributed by atoms with Crippen molar-refractivity contribution in [2.75, 3.05) is 39.0 Å². The van der Waals surface area contributed by atoms with Crippen LogP contribution in [0.5, 0.6) is 5.75 Å². The summed E-state index contributed by atoms with van der Waals surface area (Å²) in [6.45, 7) is 4.57. The van der Waals surface area contributed by atoms with Crippen molar-refractivity contribution in [3.05, 3.63) is 83.4 Å². The van der Waals surface area contributed by atoms with Gasteiger partial charge in [0, 0.05) is 28.8 Å². The van der Waals surface area contributed by atoms with E-state index in [1.807, 2.05) is 36.4 Å². The van der Waals surface area contributed by atoms with Crippen molar-refractivity contribution in [1.29, 1.82) is 0 Å². The summed E-state index contributed by atoms with van der Waals surface area (Å²) < 4.78 is 5.28. The van der Waals surface area contributed by atoms with Crippen LogP contribution in [-0.2, 0) is 6.42 Å². The molecule has 2 aliphatic rings. The summed E-state index contributed by atoms with van der Waals surface area (Å²) in [5.74, 6) is 1.92. The molecule has 0 radical (unpaired) electrons. The molecule has 2 unspecified atom stereocenters. The summed E-state index contributed by atoms with van der Waals surface area (Å²) in [7, 11) is 1.71. The molecule has 5 rings (SSSR count). The van der Waals surface area contributed by atoms with E-state index in [4.69, 9.17) is 16.2 Å². The topological polar surface area (TPSA) is 93.6 Å². The minimum atomic E-state index is -0.426. The maximum absolute atomic E-state index is 12.0. The number of carbonyl (C=O) groups excluding carboxylic acids is 1. The number of nitrogens with zero attached hydrogens (tertiary/aromatic N) is 1. The Labute approximate surface area is 226 Å². The lowest BCUT2D eigenvalue weighted by Gasteiger charge is -2.32. The van der Waals surface area contributed by atoms with Gasteiger partial charge in [-0.15, -0.1) is 0 Å². The molecule has 3 aromatic carbocycles. The van der Waals surface area contributed by atoms with E-state index in [9.17, 15) is 4.79 Å². The van der Waals surface area contributed by atoms with Crippen LogP contribution in [0, 0.1) is 5.92 Å². The molecule has 0 spiro atoms. The van der Waals surface area contributed by atoms with Crippen LogP contribution >= 0.6 is 0 Å². The third-order valence-corrected chi connectivity index (χ3v) is 8.25. The Bertz CT molecular complexity index is 1230. The number of piperidine rings is 1. The predicted octanol–water partition coefficient (Wildman–Crippen LogP) is 4.83. The molecular formula is C32H40N4O2. The molecule has 1 saturated heterocycles. The van der Waals surface area contributed by atoms with E-state index in [0.29, 0.717) is 23.2 Å². The van der Waals surface area contributed by atoms with Gasteiger partial charge in [0.2, 0.25) is 5.91 Å². The van der Waals surface area contributed by atoms with Crippen LogP contribution in [-0.4, -0.2) is 50.1 Å². The van der Waals surface area contributed by atoms with Gasteiger partial charge in [-0.3, -0.25) is 4.79 Å². The quantitative estimate of drug-likeness (QED) is 0.320. The molecule has 2 fully saturated rings. The minimum Gasteiger partial charge on any atom is -0.497 e. The Morgan fingerprint density at radius 1 is 1.03 bits per heavy atom. The lowest BCUT2D eigenvalue weighted by Crippen LogP contribution is -2.38. The second-order valence-electron chi connectivity index (χ2n) is 10.9. The summed E-state index contributed by atoms with van der Waals surface area (Å²) in [5.41, 5.74) is 17.3. The van der Waals surface area contributed by atoms with Gasteiger partial charge < -0.3 is 26.4 Å². The Morgan fingerprint density at radius 3 is 2.50 bits per heavy atom. The molecule has 1 aliphatic heterocycles. The predicted molar refractivity (Wildman–Crippen MR) is 154 cm³/mol. The lowest BCUT2D eigenvalue weighted by molar-refractivity contribution is 0.100. The fourth-order valence-corrected chi connectivity index (χ4v) is 5.81. The number of carbonyl (C=O) groups is 1. The van der Waals surface area contributed by atoms with Gasteiger partial charge in [0.1, 0.15) is 5.75 Å². The molecule has 1 amide bonds. The highest BCUT2D eigenvalue weighted by molar-refractivity contribution is 6.01. The van der Waals surface area contributed by atoms with Crippen LogP contribution in [0.4, 0.5) is 5.69 Å². The number of para-hydroxylation sites is 1. The second-order valence-corrected chi connectivity index (χ2v) is 10.9. The zero-order chi connectivity index (χ0) is 26.5. The zero-order valence-electron chi connectivity index (χ0n) is 22.4. The van der Waals surface area contributed by atoms with Gasteiger partial charge in [0.15, 0.2) is 0 Å². The minimum absolute atomic E-state index is 0.426. The number of primary amides is 1. The zero-order valence-corrected chi connectivity index (χ0v) is 22.4. The van der Waals surface area contributed by atoms with Crippen molar-refractivity contribution in [1.82, 2.24) is 10.2 Å². The smallest absolute Gasteiger partial charge is 0.249 e.